The Balaban J connectivity index is 2.05. The summed E-state index contributed by atoms with van der Waals surface area (Å²) < 4.78 is 41.9. The van der Waals surface area contributed by atoms with Crippen LogP contribution in [0.15, 0.2) is 59.5 Å². The van der Waals surface area contributed by atoms with Gasteiger partial charge in [0.05, 0.1) is 10.9 Å². The van der Waals surface area contributed by atoms with Gasteiger partial charge in [0.1, 0.15) is 5.82 Å². The van der Waals surface area contributed by atoms with E-state index in [2.05, 4.69) is 5.32 Å². The Morgan fingerprint density at radius 1 is 0.964 bits per heavy atom. The number of nitrogens with zero attached hydrogens (tertiary/aromatic N) is 1. The van der Waals surface area contributed by atoms with Crippen molar-refractivity contribution in [2.45, 2.75) is 43.0 Å². The van der Waals surface area contributed by atoms with Crippen molar-refractivity contribution in [3.8, 4) is 0 Å². The van der Waals surface area contributed by atoms with Crippen LogP contribution in [0.4, 0.5) is 4.39 Å². The highest BCUT2D eigenvalue weighted by Crippen LogP contribution is 2.31. The molecule has 0 spiro atoms. The number of carbonyl (C=O) groups excluding carboxylic acids is 1. The lowest BCUT2D eigenvalue weighted by Crippen LogP contribution is -2.38. The monoisotopic (exact) mass is 404 g/mol. The highest BCUT2D eigenvalue weighted by atomic mass is 32.2. The molecule has 0 bridgehead atoms. The quantitative estimate of drug-likeness (QED) is 0.849. The molecular formula is C21H25FN2O3S. The minimum Gasteiger partial charge on any atom is -0.356 e. The van der Waals surface area contributed by atoms with E-state index in [1.165, 1.54) is 22.5 Å². The van der Waals surface area contributed by atoms with Crippen molar-refractivity contribution in [2.75, 3.05) is 13.1 Å². The number of amides is 1. The fourth-order valence-electron chi connectivity index (χ4n) is 3.49. The molecule has 1 saturated heterocycles. The number of hydrogen-bond acceptors (Lipinski definition) is 3. The number of rotatable bonds is 3. The third kappa shape index (κ3) is 4.97. The van der Waals surface area contributed by atoms with Crippen LogP contribution in [0, 0.1) is 5.82 Å². The molecule has 1 fully saturated rings. The molecule has 0 aliphatic carbocycles. The van der Waals surface area contributed by atoms with Gasteiger partial charge in [0.2, 0.25) is 15.9 Å². The Hall–Kier alpha value is -2.25. The maximum Gasteiger partial charge on any atom is 0.243 e. The van der Waals surface area contributed by atoms with Crippen LogP contribution in [0.5, 0.6) is 0 Å². The normalized spacial score (nSPS) is 20.2. The first-order chi connectivity index (χ1) is 13.5. The zero-order valence-corrected chi connectivity index (χ0v) is 16.5. The number of hydrogen-bond donors (Lipinski definition) is 1. The van der Waals surface area contributed by atoms with Gasteiger partial charge >= 0.3 is 0 Å². The van der Waals surface area contributed by atoms with Gasteiger partial charge in [-0.2, -0.15) is 4.31 Å². The largest absolute Gasteiger partial charge is 0.356 e. The van der Waals surface area contributed by atoms with Crippen molar-refractivity contribution in [3.05, 3.63) is 66.0 Å². The molecule has 1 atom stereocenters. The van der Waals surface area contributed by atoms with Gasteiger partial charge in [-0.15, -0.1) is 0 Å². The topological polar surface area (TPSA) is 66.5 Å². The first-order valence-corrected chi connectivity index (χ1v) is 11.0. The van der Waals surface area contributed by atoms with Crippen LogP contribution in [0.1, 0.15) is 43.7 Å². The SMILES string of the molecule is O=C1CC(c2ccccc2)N(S(=O)(=O)c2cccc(F)c2)CCCCCCN1. The minimum absolute atomic E-state index is 0.0263. The van der Waals surface area contributed by atoms with Crippen molar-refractivity contribution < 1.29 is 17.6 Å². The van der Waals surface area contributed by atoms with Crippen LogP contribution in [-0.4, -0.2) is 31.7 Å². The van der Waals surface area contributed by atoms with Crippen molar-refractivity contribution in [3.63, 3.8) is 0 Å². The summed E-state index contributed by atoms with van der Waals surface area (Å²) in [5.41, 5.74) is 0.747. The van der Waals surface area contributed by atoms with E-state index in [-0.39, 0.29) is 23.8 Å². The van der Waals surface area contributed by atoms with Crippen LogP contribution in [0.3, 0.4) is 0 Å². The molecule has 1 amide bonds. The second kappa shape index (κ2) is 9.30. The lowest BCUT2D eigenvalue weighted by Gasteiger charge is -2.31. The fourth-order valence-corrected chi connectivity index (χ4v) is 5.17. The summed E-state index contributed by atoms with van der Waals surface area (Å²) in [7, 11) is -3.97. The predicted molar refractivity (Wildman–Crippen MR) is 106 cm³/mol. The second-order valence-electron chi connectivity index (χ2n) is 6.97. The first kappa shape index (κ1) is 20.5. The van der Waals surface area contributed by atoms with Crippen LogP contribution < -0.4 is 5.32 Å². The van der Waals surface area contributed by atoms with Gasteiger partial charge < -0.3 is 5.32 Å². The van der Waals surface area contributed by atoms with E-state index in [0.29, 0.717) is 13.0 Å². The van der Waals surface area contributed by atoms with Gasteiger partial charge in [-0.1, -0.05) is 49.2 Å². The zero-order chi connectivity index (χ0) is 20.0. The minimum atomic E-state index is -3.97. The second-order valence-corrected chi connectivity index (χ2v) is 8.86. The number of benzene rings is 2. The lowest BCUT2D eigenvalue weighted by molar-refractivity contribution is -0.122. The molecule has 1 N–H and O–H groups in total. The summed E-state index contributed by atoms with van der Waals surface area (Å²) in [6, 6.07) is 13.5. The highest BCUT2D eigenvalue weighted by Gasteiger charge is 2.34. The molecule has 28 heavy (non-hydrogen) atoms. The van der Waals surface area contributed by atoms with E-state index in [1.54, 1.807) is 0 Å². The lowest BCUT2D eigenvalue weighted by atomic mass is 10.0. The van der Waals surface area contributed by atoms with E-state index in [9.17, 15) is 17.6 Å². The Morgan fingerprint density at radius 2 is 1.71 bits per heavy atom. The first-order valence-electron chi connectivity index (χ1n) is 9.57. The summed E-state index contributed by atoms with van der Waals surface area (Å²) in [5, 5.41) is 2.88. The van der Waals surface area contributed by atoms with Gasteiger partial charge in [0, 0.05) is 19.5 Å². The number of sulfonamides is 1. The van der Waals surface area contributed by atoms with E-state index in [1.807, 2.05) is 30.3 Å². The van der Waals surface area contributed by atoms with Gasteiger partial charge in [-0.25, -0.2) is 12.8 Å². The zero-order valence-electron chi connectivity index (χ0n) is 15.7. The molecule has 1 heterocycles. The maximum absolute atomic E-state index is 13.7. The molecule has 150 valence electrons. The number of nitrogens with one attached hydrogen (secondary N) is 1. The molecule has 0 aromatic heterocycles. The summed E-state index contributed by atoms with van der Waals surface area (Å²) in [5.74, 6) is -0.789. The third-order valence-corrected chi connectivity index (χ3v) is 6.85. The summed E-state index contributed by atoms with van der Waals surface area (Å²) in [6.07, 6.45) is 3.37. The highest BCUT2D eigenvalue weighted by molar-refractivity contribution is 7.89. The summed E-state index contributed by atoms with van der Waals surface area (Å²) in [4.78, 5) is 12.4. The van der Waals surface area contributed by atoms with E-state index >= 15 is 0 Å². The number of halogens is 1. The molecule has 2 aromatic rings. The average Bonchev–Trinajstić information content (AvgIpc) is 2.73. The van der Waals surface area contributed by atoms with Crippen LogP contribution in [0.25, 0.3) is 0 Å². The van der Waals surface area contributed by atoms with Crippen LogP contribution >= 0.6 is 0 Å². The van der Waals surface area contributed by atoms with E-state index in [4.69, 9.17) is 0 Å². The number of carbonyl (C=O) groups is 1. The standard InChI is InChI=1S/C21H25FN2O3S/c22-18-11-8-12-19(15-18)28(26,27)24-14-7-2-1-6-13-23-21(25)16-20(24)17-9-4-3-5-10-17/h3-5,8-12,15,20H,1-2,6-7,13-14,16H2,(H,23,25). The molecule has 2 aromatic carbocycles. The predicted octanol–water partition coefficient (Wildman–Crippen LogP) is 3.64. The summed E-state index contributed by atoms with van der Waals surface area (Å²) >= 11 is 0. The maximum atomic E-state index is 13.7. The molecule has 0 radical (unpaired) electrons. The Kier molecular flexibility index (Phi) is 6.80. The van der Waals surface area contributed by atoms with E-state index < -0.39 is 21.9 Å². The van der Waals surface area contributed by atoms with Crippen molar-refractivity contribution >= 4 is 15.9 Å². The molecule has 1 aliphatic rings. The molecule has 5 nitrogen and oxygen atoms in total. The smallest absolute Gasteiger partial charge is 0.243 e. The Morgan fingerprint density at radius 3 is 2.46 bits per heavy atom. The third-order valence-electron chi connectivity index (χ3n) is 4.94. The van der Waals surface area contributed by atoms with Crippen molar-refractivity contribution in [2.24, 2.45) is 0 Å². The molecule has 7 heteroatoms. The van der Waals surface area contributed by atoms with Crippen molar-refractivity contribution in [1.29, 1.82) is 0 Å². The Labute approximate surface area is 165 Å². The van der Waals surface area contributed by atoms with E-state index in [0.717, 1.165) is 30.9 Å². The summed E-state index contributed by atoms with van der Waals surface area (Å²) in [6.45, 7) is 0.878. The molecule has 3 rings (SSSR count). The van der Waals surface area contributed by atoms with Gasteiger partial charge in [-0.3, -0.25) is 4.79 Å². The average molecular weight is 405 g/mol. The van der Waals surface area contributed by atoms with Crippen LogP contribution in [0.2, 0.25) is 0 Å². The molecular weight excluding hydrogens is 379 g/mol. The van der Waals surface area contributed by atoms with Gasteiger partial charge in [0.25, 0.3) is 0 Å². The van der Waals surface area contributed by atoms with Crippen LogP contribution in [-0.2, 0) is 14.8 Å². The van der Waals surface area contributed by atoms with Crippen molar-refractivity contribution in [1.82, 2.24) is 9.62 Å². The van der Waals surface area contributed by atoms with Gasteiger partial charge in [-0.05, 0) is 36.6 Å². The molecule has 1 unspecified atom stereocenters. The Bertz CT molecular complexity index is 903. The fraction of sp³-hybridized carbons (Fsp3) is 0.381. The molecule has 0 saturated carbocycles. The molecule has 1 aliphatic heterocycles. The van der Waals surface area contributed by atoms with Gasteiger partial charge in [0.15, 0.2) is 0 Å².